The first-order valence-corrected chi connectivity index (χ1v) is 11.7. The highest BCUT2D eigenvalue weighted by atomic mass is 16.5. The van der Waals surface area contributed by atoms with Crippen molar-refractivity contribution >= 4 is 17.4 Å². The van der Waals surface area contributed by atoms with Crippen LogP contribution < -0.4 is 4.74 Å². The third-order valence-corrected chi connectivity index (χ3v) is 6.60. The van der Waals surface area contributed by atoms with Gasteiger partial charge < -0.3 is 19.5 Å². The number of aryl methyl sites for hydroxylation is 2. The lowest BCUT2D eigenvalue weighted by atomic mass is 9.93. The van der Waals surface area contributed by atoms with Gasteiger partial charge in [0.15, 0.2) is 0 Å². The molecule has 2 fully saturated rings. The Labute approximate surface area is 200 Å². The van der Waals surface area contributed by atoms with Crippen LogP contribution in [-0.2, 0) is 14.3 Å². The lowest BCUT2D eigenvalue weighted by Gasteiger charge is -2.29. The summed E-state index contributed by atoms with van der Waals surface area (Å²) in [6.07, 6.45) is 0.733. The maximum atomic E-state index is 13.2. The van der Waals surface area contributed by atoms with Gasteiger partial charge in [-0.1, -0.05) is 29.8 Å². The zero-order valence-corrected chi connectivity index (χ0v) is 20.0. The third kappa shape index (κ3) is 4.86. The number of amides is 1. The van der Waals surface area contributed by atoms with E-state index in [0.29, 0.717) is 17.9 Å². The van der Waals surface area contributed by atoms with Gasteiger partial charge in [0.05, 0.1) is 31.9 Å². The molecule has 0 radical (unpaired) electrons. The van der Waals surface area contributed by atoms with Crippen LogP contribution in [0.4, 0.5) is 0 Å². The Morgan fingerprint density at radius 2 is 1.76 bits per heavy atom. The molecule has 180 valence electrons. The maximum absolute atomic E-state index is 13.2. The van der Waals surface area contributed by atoms with Gasteiger partial charge in [-0.15, -0.1) is 0 Å². The van der Waals surface area contributed by atoms with Crippen molar-refractivity contribution in [2.24, 2.45) is 0 Å². The fourth-order valence-corrected chi connectivity index (χ4v) is 4.67. The lowest BCUT2D eigenvalue weighted by Crippen LogP contribution is -2.38. The topological polar surface area (TPSA) is 79.3 Å². The zero-order valence-electron chi connectivity index (χ0n) is 20.0. The fraction of sp³-hybridized carbons (Fsp3) is 0.407. The van der Waals surface area contributed by atoms with Crippen LogP contribution in [0.1, 0.15) is 34.7 Å². The van der Waals surface area contributed by atoms with E-state index in [1.807, 2.05) is 38.1 Å². The number of ketones is 1. The Bertz CT molecular complexity index is 1090. The van der Waals surface area contributed by atoms with Crippen molar-refractivity contribution in [3.8, 4) is 5.75 Å². The number of aliphatic hydroxyl groups is 1. The van der Waals surface area contributed by atoms with Gasteiger partial charge in [-0.25, -0.2) is 0 Å². The molecule has 2 aromatic rings. The minimum absolute atomic E-state index is 0.133. The second-order valence-corrected chi connectivity index (χ2v) is 8.89. The normalized spacial score (nSPS) is 20.7. The van der Waals surface area contributed by atoms with Gasteiger partial charge in [0.2, 0.25) is 0 Å². The molecule has 0 aliphatic carbocycles. The molecule has 1 amide bonds. The highest BCUT2D eigenvalue weighted by molar-refractivity contribution is 6.46. The van der Waals surface area contributed by atoms with E-state index in [2.05, 4.69) is 4.90 Å². The summed E-state index contributed by atoms with van der Waals surface area (Å²) in [4.78, 5) is 30.3. The Hall–Kier alpha value is -3.16. The zero-order chi connectivity index (χ0) is 24.2. The van der Waals surface area contributed by atoms with Crippen molar-refractivity contribution in [2.75, 3.05) is 46.5 Å². The van der Waals surface area contributed by atoms with Crippen molar-refractivity contribution in [2.45, 2.75) is 26.3 Å². The summed E-state index contributed by atoms with van der Waals surface area (Å²) in [5.74, 6) is -0.711. The van der Waals surface area contributed by atoms with Crippen LogP contribution >= 0.6 is 0 Å². The standard InChI is InChI=1S/C27H32N2O5/c1-18-5-7-20(8-6-18)24-23(25(30)22-10-9-21(33-3)17-19(22)2)26(31)27(32)29(24)12-4-11-28-13-15-34-16-14-28/h5-10,17,24,30H,4,11-16H2,1-3H3/b25-23+/t24-/m0/s1. The van der Waals surface area contributed by atoms with Gasteiger partial charge in [-0.3, -0.25) is 14.5 Å². The van der Waals surface area contributed by atoms with Gasteiger partial charge in [0, 0.05) is 31.7 Å². The first kappa shape index (κ1) is 24.0. The molecule has 0 bridgehead atoms. The second kappa shape index (κ2) is 10.4. The van der Waals surface area contributed by atoms with Crippen LogP contribution in [0.5, 0.6) is 5.75 Å². The van der Waals surface area contributed by atoms with Crippen LogP contribution in [0.25, 0.3) is 5.76 Å². The largest absolute Gasteiger partial charge is 0.507 e. The summed E-state index contributed by atoms with van der Waals surface area (Å²) in [7, 11) is 1.58. The number of hydrogen-bond acceptors (Lipinski definition) is 6. The molecular weight excluding hydrogens is 432 g/mol. The van der Waals surface area contributed by atoms with Crippen LogP contribution in [0.2, 0.25) is 0 Å². The second-order valence-electron chi connectivity index (χ2n) is 8.89. The fourth-order valence-electron chi connectivity index (χ4n) is 4.67. The molecule has 2 aliphatic heterocycles. The Morgan fingerprint density at radius 1 is 1.06 bits per heavy atom. The van der Waals surface area contributed by atoms with E-state index < -0.39 is 17.7 Å². The summed E-state index contributed by atoms with van der Waals surface area (Å²) in [6.45, 7) is 8.27. The van der Waals surface area contributed by atoms with Crippen LogP contribution in [0.15, 0.2) is 48.0 Å². The summed E-state index contributed by atoms with van der Waals surface area (Å²) in [5.41, 5.74) is 3.30. The number of carbonyl (C=O) groups is 2. The van der Waals surface area contributed by atoms with Crippen molar-refractivity contribution in [3.63, 3.8) is 0 Å². The minimum Gasteiger partial charge on any atom is -0.507 e. The summed E-state index contributed by atoms with van der Waals surface area (Å²) < 4.78 is 10.7. The number of benzene rings is 2. The maximum Gasteiger partial charge on any atom is 0.295 e. The number of methoxy groups -OCH3 is 1. The van der Waals surface area contributed by atoms with E-state index in [1.54, 1.807) is 30.2 Å². The third-order valence-electron chi connectivity index (χ3n) is 6.60. The van der Waals surface area contributed by atoms with E-state index in [-0.39, 0.29) is 11.3 Å². The smallest absolute Gasteiger partial charge is 0.295 e. The molecule has 4 rings (SSSR count). The summed E-state index contributed by atoms with van der Waals surface area (Å²) in [5, 5.41) is 11.3. The molecule has 1 atom stereocenters. The SMILES string of the molecule is COc1ccc(/C(O)=C2\C(=O)C(=O)N(CCCN3CCOCC3)[C@H]2c2ccc(C)cc2)c(C)c1. The number of rotatable bonds is 7. The monoisotopic (exact) mass is 464 g/mol. The summed E-state index contributed by atoms with van der Waals surface area (Å²) in [6, 6.07) is 12.4. The first-order chi connectivity index (χ1) is 16.4. The highest BCUT2D eigenvalue weighted by Crippen LogP contribution is 2.40. The number of nitrogens with zero attached hydrogens (tertiary/aromatic N) is 2. The Balaban J connectivity index is 1.69. The molecule has 1 N–H and O–H groups in total. The van der Waals surface area contributed by atoms with Crippen LogP contribution in [0.3, 0.4) is 0 Å². The van der Waals surface area contributed by atoms with Crippen LogP contribution in [-0.4, -0.2) is 73.1 Å². The molecule has 0 unspecified atom stereocenters. The van der Waals surface area contributed by atoms with Crippen molar-refractivity contribution in [1.82, 2.24) is 9.80 Å². The van der Waals surface area contributed by atoms with Crippen molar-refractivity contribution in [1.29, 1.82) is 0 Å². The number of Topliss-reactive ketones (excluding diaryl/α,β-unsaturated/α-hetero) is 1. The molecule has 0 aromatic heterocycles. The van der Waals surface area contributed by atoms with Gasteiger partial charge in [0.25, 0.3) is 11.7 Å². The first-order valence-electron chi connectivity index (χ1n) is 11.7. The number of morpholine rings is 1. The average molecular weight is 465 g/mol. The molecule has 2 aliphatic rings. The van der Waals surface area contributed by atoms with E-state index in [4.69, 9.17) is 9.47 Å². The Kier molecular flexibility index (Phi) is 7.34. The number of aliphatic hydroxyl groups excluding tert-OH is 1. The molecule has 7 heteroatoms. The average Bonchev–Trinajstić information content (AvgIpc) is 3.09. The molecule has 2 heterocycles. The number of ether oxygens (including phenoxy) is 2. The molecule has 7 nitrogen and oxygen atoms in total. The minimum atomic E-state index is -0.648. The number of carbonyl (C=O) groups excluding carboxylic acids is 2. The molecule has 2 saturated heterocycles. The molecular formula is C27H32N2O5. The highest BCUT2D eigenvalue weighted by Gasteiger charge is 2.45. The van der Waals surface area contributed by atoms with Crippen molar-refractivity contribution in [3.05, 3.63) is 70.3 Å². The van der Waals surface area contributed by atoms with E-state index in [1.165, 1.54) is 0 Å². The summed E-state index contributed by atoms with van der Waals surface area (Å²) >= 11 is 0. The van der Waals surface area contributed by atoms with Gasteiger partial charge in [-0.2, -0.15) is 0 Å². The van der Waals surface area contributed by atoms with E-state index in [0.717, 1.165) is 56.0 Å². The Morgan fingerprint density at radius 3 is 2.41 bits per heavy atom. The number of hydrogen-bond donors (Lipinski definition) is 1. The van der Waals surface area contributed by atoms with Gasteiger partial charge >= 0.3 is 0 Å². The van der Waals surface area contributed by atoms with E-state index >= 15 is 0 Å². The number of likely N-dealkylation sites (tertiary alicyclic amines) is 1. The molecule has 0 spiro atoms. The molecule has 0 saturated carbocycles. The van der Waals surface area contributed by atoms with Crippen molar-refractivity contribution < 1.29 is 24.2 Å². The van der Waals surface area contributed by atoms with E-state index in [9.17, 15) is 14.7 Å². The van der Waals surface area contributed by atoms with Gasteiger partial charge in [-0.05, 0) is 49.6 Å². The lowest BCUT2D eigenvalue weighted by molar-refractivity contribution is -0.140. The predicted octanol–water partition coefficient (Wildman–Crippen LogP) is 3.46. The molecule has 2 aromatic carbocycles. The quantitative estimate of drug-likeness (QED) is 0.384. The van der Waals surface area contributed by atoms with Gasteiger partial charge in [0.1, 0.15) is 11.5 Å². The molecule has 34 heavy (non-hydrogen) atoms. The van der Waals surface area contributed by atoms with Crippen LogP contribution in [0, 0.1) is 13.8 Å². The predicted molar refractivity (Wildman–Crippen MR) is 130 cm³/mol.